The minimum absolute atomic E-state index is 0.0332. The van der Waals surface area contributed by atoms with Crippen molar-refractivity contribution in [3.8, 4) is 0 Å². The Morgan fingerprint density at radius 2 is 2.11 bits per heavy atom. The van der Waals surface area contributed by atoms with Crippen LogP contribution in [0.2, 0.25) is 0 Å². The molecule has 0 saturated carbocycles. The van der Waals surface area contributed by atoms with Gasteiger partial charge in [-0.15, -0.1) is 10.2 Å². The fraction of sp³-hybridized carbons (Fsp3) is 0.474. The Morgan fingerprint density at radius 1 is 1.26 bits per heavy atom. The lowest BCUT2D eigenvalue weighted by Crippen LogP contribution is -2.35. The first-order valence-electron chi connectivity index (χ1n) is 9.31. The van der Waals surface area contributed by atoms with Crippen LogP contribution < -0.4 is 5.32 Å². The van der Waals surface area contributed by atoms with E-state index < -0.39 is 0 Å². The van der Waals surface area contributed by atoms with E-state index in [1.54, 1.807) is 6.20 Å². The molecule has 0 aromatic carbocycles. The van der Waals surface area contributed by atoms with Gasteiger partial charge in [0.05, 0.1) is 17.7 Å². The van der Waals surface area contributed by atoms with Crippen molar-refractivity contribution in [1.82, 2.24) is 29.7 Å². The second-order valence-electron chi connectivity index (χ2n) is 7.20. The van der Waals surface area contributed by atoms with Crippen LogP contribution in [0.4, 0.5) is 0 Å². The Labute approximate surface area is 157 Å². The highest BCUT2D eigenvalue weighted by molar-refractivity contribution is 5.80. The molecule has 27 heavy (non-hydrogen) atoms. The summed E-state index contributed by atoms with van der Waals surface area (Å²) in [5.41, 5.74) is 1.71. The van der Waals surface area contributed by atoms with Gasteiger partial charge in [-0.1, -0.05) is 6.07 Å². The first kappa shape index (κ1) is 17.7. The summed E-state index contributed by atoms with van der Waals surface area (Å²) in [5, 5.41) is 15.8. The Balaban J connectivity index is 1.52. The van der Waals surface area contributed by atoms with E-state index in [1.807, 2.05) is 46.5 Å². The summed E-state index contributed by atoms with van der Waals surface area (Å²) in [6, 6.07) is 7.61. The molecule has 1 aliphatic rings. The van der Waals surface area contributed by atoms with Crippen LogP contribution in [-0.2, 0) is 9.53 Å². The van der Waals surface area contributed by atoms with Gasteiger partial charge >= 0.3 is 0 Å². The highest BCUT2D eigenvalue weighted by Crippen LogP contribution is 2.35. The standard InChI is InChI=1S/C19H24N6O2/c1-12(2)25-15(7-9-20-25)17-14(8-11-27-17)19(26)21-13(3)18-23-22-16-6-4-5-10-24(16)18/h4-7,9-10,12-14,17H,8,11H2,1-3H3,(H,21,26)/t13?,14-,17-/m0/s1. The number of rotatable bonds is 5. The van der Waals surface area contributed by atoms with Crippen LogP contribution in [0.3, 0.4) is 0 Å². The molecule has 1 fully saturated rings. The average molecular weight is 368 g/mol. The fourth-order valence-electron chi connectivity index (χ4n) is 3.67. The van der Waals surface area contributed by atoms with Crippen LogP contribution >= 0.6 is 0 Å². The number of hydrogen-bond acceptors (Lipinski definition) is 5. The molecular formula is C19H24N6O2. The SMILES string of the molecule is CC(NC(=O)[C@H]1CCO[C@@H]1c1ccnn1C(C)C)c1nnc2ccccn12. The van der Waals surface area contributed by atoms with Crippen molar-refractivity contribution in [3.63, 3.8) is 0 Å². The lowest BCUT2D eigenvalue weighted by Gasteiger charge is -2.22. The molecule has 1 amide bonds. The van der Waals surface area contributed by atoms with Crippen molar-refractivity contribution in [2.45, 2.75) is 45.4 Å². The summed E-state index contributed by atoms with van der Waals surface area (Å²) >= 11 is 0. The number of nitrogens with zero attached hydrogens (tertiary/aromatic N) is 5. The average Bonchev–Trinajstić information content (AvgIpc) is 3.38. The molecule has 3 atom stereocenters. The number of fused-ring (bicyclic) bond motifs is 1. The van der Waals surface area contributed by atoms with Gasteiger partial charge in [0.15, 0.2) is 11.5 Å². The number of pyridine rings is 1. The minimum atomic E-state index is -0.280. The highest BCUT2D eigenvalue weighted by Gasteiger charge is 2.38. The topological polar surface area (TPSA) is 86.3 Å². The van der Waals surface area contributed by atoms with Gasteiger partial charge in [-0.3, -0.25) is 13.9 Å². The molecule has 142 valence electrons. The summed E-state index contributed by atoms with van der Waals surface area (Å²) in [6.45, 7) is 6.62. The number of carbonyl (C=O) groups excluding carboxylic acids is 1. The first-order chi connectivity index (χ1) is 13.1. The summed E-state index contributed by atoms with van der Waals surface area (Å²) in [5.74, 6) is 0.427. The van der Waals surface area contributed by atoms with Crippen LogP contribution in [0.1, 0.15) is 56.9 Å². The molecule has 1 saturated heterocycles. The van der Waals surface area contributed by atoms with E-state index in [0.717, 1.165) is 11.3 Å². The van der Waals surface area contributed by atoms with Gasteiger partial charge in [0.2, 0.25) is 5.91 Å². The van der Waals surface area contributed by atoms with E-state index in [1.165, 1.54) is 0 Å². The molecule has 8 heteroatoms. The third-order valence-corrected chi connectivity index (χ3v) is 5.00. The Morgan fingerprint density at radius 3 is 2.93 bits per heavy atom. The second kappa shape index (κ2) is 7.11. The predicted molar refractivity (Wildman–Crippen MR) is 99.0 cm³/mol. The van der Waals surface area contributed by atoms with Crippen molar-refractivity contribution < 1.29 is 9.53 Å². The van der Waals surface area contributed by atoms with E-state index in [-0.39, 0.29) is 30.0 Å². The van der Waals surface area contributed by atoms with E-state index in [9.17, 15) is 4.79 Å². The number of amides is 1. The van der Waals surface area contributed by atoms with Crippen LogP contribution in [0.25, 0.3) is 5.65 Å². The number of aromatic nitrogens is 5. The van der Waals surface area contributed by atoms with Crippen LogP contribution in [-0.4, -0.2) is 36.9 Å². The van der Waals surface area contributed by atoms with Gasteiger partial charge in [-0.25, -0.2) is 0 Å². The smallest absolute Gasteiger partial charge is 0.226 e. The molecular weight excluding hydrogens is 344 g/mol. The van der Waals surface area contributed by atoms with Gasteiger partial charge in [-0.05, 0) is 45.4 Å². The Kier molecular flexibility index (Phi) is 4.65. The molecule has 1 aliphatic heterocycles. The molecule has 4 rings (SSSR count). The molecule has 1 N–H and O–H groups in total. The van der Waals surface area contributed by atoms with E-state index >= 15 is 0 Å². The summed E-state index contributed by atoms with van der Waals surface area (Å²) < 4.78 is 9.72. The maximum Gasteiger partial charge on any atom is 0.226 e. The molecule has 0 bridgehead atoms. The van der Waals surface area contributed by atoms with Gasteiger partial charge in [0.25, 0.3) is 0 Å². The minimum Gasteiger partial charge on any atom is -0.371 e. The van der Waals surface area contributed by atoms with Crippen molar-refractivity contribution >= 4 is 11.6 Å². The van der Waals surface area contributed by atoms with E-state index in [0.29, 0.717) is 18.9 Å². The first-order valence-corrected chi connectivity index (χ1v) is 9.31. The van der Waals surface area contributed by atoms with Gasteiger partial charge in [0, 0.05) is 25.0 Å². The number of carbonyl (C=O) groups is 1. The largest absolute Gasteiger partial charge is 0.371 e. The Bertz CT molecular complexity index is 946. The molecule has 3 aromatic heterocycles. The molecule has 0 aliphatic carbocycles. The summed E-state index contributed by atoms with van der Waals surface area (Å²) in [4.78, 5) is 13.0. The van der Waals surface area contributed by atoms with Gasteiger partial charge < -0.3 is 10.1 Å². The lowest BCUT2D eigenvalue weighted by atomic mass is 9.97. The number of ether oxygens (including phenoxy) is 1. The van der Waals surface area contributed by atoms with Gasteiger partial charge in [-0.2, -0.15) is 5.10 Å². The molecule has 1 unspecified atom stereocenters. The third-order valence-electron chi connectivity index (χ3n) is 5.00. The van der Waals surface area contributed by atoms with Crippen molar-refractivity contribution in [1.29, 1.82) is 0 Å². The van der Waals surface area contributed by atoms with E-state index in [4.69, 9.17) is 4.74 Å². The number of nitrogens with one attached hydrogen (secondary N) is 1. The highest BCUT2D eigenvalue weighted by atomic mass is 16.5. The van der Waals surface area contributed by atoms with Gasteiger partial charge in [0.1, 0.15) is 6.10 Å². The van der Waals surface area contributed by atoms with Crippen molar-refractivity contribution in [3.05, 3.63) is 48.2 Å². The molecule has 0 radical (unpaired) electrons. The Hall–Kier alpha value is -2.74. The zero-order chi connectivity index (χ0) is 19.0. The van der Waals surface area contributed by atoms with Crippen LogP contribution in [0, 0.1) is 5.92 Å². The lowest BCUT2D eigenvalue weighted by molar-refractivity contribution is -0.127. The second-order valence-corrected chi connectivity index (χ2v) is 7.20. The van der Waals surface area contributed by atoms with Crippen LogP contribution in [0.15, 0.2) is 36.7 Å². The van der Waals surface area contributed by atoms with Crippen LogP contribution in [0.5, 0.6) is 0 Å². The molecule has 3 aromatic rings. The quantitative estimate of drug-likeness (QED) is 0.748. The van der Waals surface area contributed by atoms with E-state index in [2.05, 4.69) is 34.5 Å². The maximum atomic E-state index is 13.0. The zero-order valence-electron chi connectivity index (χ0n) is 15.7. The molecule has 8 nitrogen and oxygen atoms in total. The normalized spacial score (nSPS) is 21.0. The predicted octanol–water partition coefficient (Wildman–Crippen LogP) is 2.46. The zero-order valence-corrected chi connectivity index (χ0v) is 15.7. The fourth-order valence-corrected chi connectivity index (χ4v) is 3.67. The number of hydrogen-bond donors (Lipinski definition) is 1. The summed E-state index contributed by atoms with van der Waals surface area (Å²) in [6.07, 6.45) is 4.07. The van der Waals surface area contributed by atoms with Crippen molar-refractivity contribution in [2.75, 3.05) is 6.61 Å². The third kappa shape index (κ3) is 3.21. The molecule has 0 spiro atoms. The van der Waals surface area contributed by atoms with Crippen molar-refractivity contribution in [2.24, 2.45) is 5.92 Å². The monoisotopic (exact) mass is 368 g/mol. The molecule has 4 heterocycles. The summed E-state index contributed by atoms with van der Waals surface area (Å²) in [7, 11) is 0. The maximum absolute atomic E-state index is 13.0.